The zero-order valence-corrected chi connectivity index (χ0v) is 11.0. The Morgan fingerprint density at radius 1 is 1.61 bits per heavy atom. The summed E-state index contributed by atoms with van der Waals surface area (Å²) in [5, 5.41) is 10.8. The second-order valence-electron chi connectivity index (χ2n) is 4.03. The molecule has 0 aliphatic carbocycles. The van der Waals surface area contributed by atoms with Gasteiger partial charge in [0.1, 0.15) is 5.82 Å². The maximum Gasteiger partial charge on any atom is 0.312 e. The van der Waals surface area contributed by atoms with E-state index in [0.29, 0.717) is 19.8 Å². The van der Waals surface area contributed by atoms with Gasteiger partial charge in [-0.05, 0) is 22.4 Å². The lowest BCUT2D eigenvalue weighted by Crippen LogP contribution is -2.12. The zero-order valence-electron chi connectivity index (χ0n) is 9.40. The van der Waals surface area contributed by atoms with Crippen LogP contribution in [0.15, 0.2) is 16.6 Å². The Hall–Kier alpha value is -1.21. The standard InChI is InChI=1S/C11H11BrFNO4/c12-8-3-10(14(15)16)11(4-9(8)13)18-6-7-1-2-17-5-7/h3-4,7H,1-2,5-6H2/t7-/m0/s1. The number of hydrogen-bond donors (Lipinski definition) is 0. The van der Waals surface area contributed by atoms with Crippen molar-refractivity contribution in [2.75, 3.05) is 19.8 Å². The molecule has 0 saturated carbocycles. The van der Waals surface area contributed by atoms with Gasteiger partial charge in [0.2, 0.25) is 0 Å². The van der Waals surface area contributed by atoms with E-state index < -0.39 is 10.7 Å². The SMILES string of the molecule is O=[N+]([O-])c1cc(Br)c(F)cc1OC[C@H]1CCOC1. The molecule has 0 bridgehead atoms. The Morgan fingerprint density at radius 2 is 2.39 bits per heavy atom. The van der Waals surface area contributed by atoms with Gasteiger partial charge in [0.25, 0.3) is 0 Å². The Morgan fingerprint density at radius 3 is 3.00 bits per heavy atom. The van der Waals surface area contributed by atoms with Gasteiger partial charge in [-0.3, -0.25) is 10.1 Å². The van der Waals surface area contributed by atoms with Crippen molar-refractivity contribution in [1.29, 1.82) is 0 Å². The molecule has 18 heavy (non-hydrogen) atoms. The van der Waals surface area contributed by atoms with E-state index in [1.165, 1.54) is 0 Å². The molecule has 98 valence electrons. The molecule has 1 aliphatic heterocycles. The molecule has 5 nitrogen and oxygen atoms in total. The fraction of sp³-hybridized carbons (Fsp3) is 0.455. The molecule has 1 aromatic rings. The summed E-state index contributed by atoms with van der Waals surface area (Å²) >= 11 is 2.91. The number of hydrogen-bond acceptors (Lipinski definition) is 4. The highest BCUT2D eigenvalue weighted by Gasteiger charge is 2.22. The highest BCUT2D eigenvalue weighted by Crippen LogP contribution is 2.33. The quantitative estimate of drug-likeness (QED) is 0.632. The van der Waals surface area contributed by atoms with Crippen LogP contribution in [0.3, 0.4) is 0 Å². The first kappa shape index (κ1) is 13.2. The van der Waals surface area contributed by atoms with Crippen molar-refractivity contribution in [2.24, 2.45) is 5.92 Å². The third-order valence-corrected chi connectivity index (χ3v) is 3.30. The summed E-state index contributed by atoms with van der Waals surface area (Å²) in [6.07, 6.45) is 0.854. The zero-order chi connectivity index (χ0) is 13.1. The maximum atomic E-state index is 13.3. The summed E-state index contributed by atoms with van der Waals surface area (Å²) in [6.45, 7) is 1.54. The molecule has 1 heterocycles. The lowest BCUT2D eigenvalue weighted by molar-refractivity contribution is -0.386. The fourth-order valence-corrected chi connectivity index (χ4v) is 2.03. The molecule has 1 atom stereocenters. The van der Waals surface area contributed by atoms with Crippen molar-refractivity contribution in [3.63, 3.8) is 0 Å². The lowest BCUT2D eigenvalue weighted by Gasteiger charge is -2.10. The first-order valence-electron chi connectivity index (χ1n) is 5.42. The minimum absolute atomic E-state index is 0.0470. The molecule has 0 unspecified atom stereocenters. The van der Waals surface area contributed by atoms with Gasteiger partial charge in [-0.2, -0.15) is 0 Å². The molecule has 0 aromatic heterocycles. The third-order valence-electron chi connectivity index (χ3n) is 2.70. The average molecular weight is 320 g/mol. The Balaban J connectivity index is 2.14. The van der Waals surface area contributed by atoms with E-state index in [2.05, 4.69) is 15.9 Å². The highest BCUT2D eigenvalue weighted by atomic mass is 79.9. The van der Waals surface area contributed by atoms with Gasteiger partial charge in [0.05, 0.1) is 22.6 Å². The Kier molecular flexibility index (Phi) is 4.13. The number of nitro benzene ring substituents is 1. The summed E-state index contributed by atoms with van der Waals surface area (Å²) in [6, 6.07) is 2.13. The van der Waals surface area contributed by atoms with Crippen molar-refractivity contribution >= 4 is 21.6 Å². The smallest absolute Gasteiger partial charge is 0.312 e. The summed E-state index contributed by atoms with van der Waals surface area (Å²) in [7, 11) is 0. The van der Waals surface area contributed by atoms with Crippen LogP contribution in [-0.2, 0) is 4.74 Å². The van der Waals surface area contributed by atoms with Crippen LogP contribution in [0.25, 0.3) is 0 Å². The minimum atomic E-state index is -0.593. The van der Waals surface area contributed by atoms with E-state index in [0.717, 1.165) is 18.6 Å². The Labute approximate surface area is 111 Å². The molecule has 1 saturated heterocycles. The summed E-state index contributed by atoms with van der Waals surface area (Å²) in [5.41, 5.74) is -0.248. The number of benzene rings is 1. The second kappa shape index (κ2) is 5.62. The van der Waals surface area contributed by atoms with Gasteiger partial charge < -0.3 is 9.47 Å². The number of halogens is 2. The number of ether oxygens (including phenoxy) is 2. The van der Waals surface area contributed by atoms with E-state index in [9.17, 15) is 14.5 Å². The van der Waals surface area contributed by atoms with Crippen molar-refractivity contribution < 1.29 is 18.8 Å². The molecule has 2 rings (SSSR count). The van der Waals surface area contributed by atoms with Crippen molar-refractivity contribution in [3.05, 3.63) is 32.5 Å². The Bertz CT molecular complexity index is 463. The van der Waals surface area contributed by atoms with Crippen LogP contribution >= 0.6 is 15.9 Å². The molecule has 7 heteroatoms. The third kappa shape index (κ3) is 2.97. The van der Waals surface area contributed by atoms with Gasteiger partial charge in [-0.15, -0.1) is 0 Å². The van der Waals surface area contributed by atoms with E-state index in [-0.39, 0.29) is 21.8 Å². The topological polar surface area (TPSA) is 61.6 Å². The molecule has 1 aromatic carbocycles. The van der Waals surface area contributed by atoms with Crippen molar-refractivity contribution in [1.82, 2.24) is 0 Å². The van der Waals surface area contributed by atoms with Crippen LogP contribution in [0.2, 0.25) is 0 Å². The van der Waals surface area contributed by atoms with Gasteiger partial charge >= 0.3 is 5.69 Å². The second-order valence-corrected chi connectivity index (χ2v) is 4.89. The summed E-state index contributed by atoms with van der Waals surface area (Å²) in [5.74, 6) is -0.429. The van der Waals surface area contributed by atoms with Crippen molar-refractivity contribution in [2.45, 2.75) is 6.42 Å². The number of nitrogens with zero attached hydrogens (tertiary/aromatic N) is 1. The van der Waals surface area contributed by atoms with Crippen LogP contribution in [0.1, 0.15) is 6.42 Å². The molecule has 0 N–H and O–H groups in total. The molecule has 0 amide bonds. The van der Waals surface area contributed by atoms with Gasteiger partial charge in [0.15, 0.2) is 5.75 Å². The number of nitro groups is 1. The molecule has 1 aliphatic rings. The van der Waals surface area contributed by atoms with Gasteiger partial charge in [-0.1, -0.05) is 0 Å². The lowest BCUT2D eigenvalue weighted by atomic mass is 10.1. The fourth-order valence-electron chi connectivity index (χ4n) is 1.70. The first-order valence-corrected chi connectivity index (χ1v) is 6.21. The largest absolute Gasteiger partial charge is 0.486 e. The molecule has 0 radical (unpaired) electrons. The van der Waals surface area contributed by atoms with Crippen LogP contribution in [0, 0.1) is 21.8 Å². The van der Waals surface area contributed by atoms with E-state index in [1.807, 2.05) is 0 Å². The van der Waals surface area contributed by atoms with Crippen LogP contribution in [-0.4, -0.2) is 24.7 Å². The van der Waals surface area contributed by atoms with E-state index in [4.69, 9.17) is 9.47 Å². The molecule has 1 fully saturated rings. The van der Waals surface area contributed by atoms with Crippen LogP contribution < -0.4 is 4.74 Å². The van der Waals surface area contributed by atoms with E-state index >= 15 is 0 Å². The predicted octanol–water partition coefficient (Wildman–Crippen LogP) is 2.91. The maximum absolute atomic E-state index is 13.3. The molecular formula is C11H11BrFNO4. The summed E-state index contributed by atoms with van der Waals surface area (Å²) in [4.78, 5) is 10.2. The normalized spacial score (nSPS) is 18.9. The monoisotopic (exact) mass is 319 g/mol. The predicted molar refractivity (Wildman–Crippen MR) is 65.2 cm³/mol. The average Bonchev–Trinajstić information content (AvgIpc) is 2.83. The molecule has 0 spiro atoms. The number of rotatable bonds is 4. The summed E-state index contributed by atoms with van der Waals surface area (Å²) < 4.78 is 23.9. The van der Waals surface area contributed by atoms with Gasteiger partial charge in [-0.25, -0.2) is 4.39 Å². The minimum Gasteiger partial charge on any atom is -0.486 e. The van der Waals surface area contributed by atoms with Crippen LogP contribution in [0.4, 0.5) is 10.1 Å². The van der Waals surface area contributed by atoms with Gasteiger partial charge in [0, 0.05) is 24.7 Å². The van der Waals surface area contributed by atoms with E-state index in [1.54, 1.807) is 0 Å². The molecular weight excluding hydrogens is 309 g/mol. The first-order chi connectivity index (χ1) is 8.58. The van der Waals surface area contributed by atoms with Crippen molar-refractivity contribution in [3.8, 4) is 5.75 Å². The van der Waals surface area contributed by atoms with Crippen LogP contribution in [0.5, 0.6) is 5.75 Å². The highest BCUT2D eigenvalue weighted by molar-refractivity contribution is 9.10.